The molecular weight excluding hydrogens is 363 g/mol. The molecule has 0 saturated carbocycles. The van der Waals surface area contributed by atoms with Crippen LogP contribution in [0, 0.1) is 5.82 Å². The molecule has 0 fully saturated rings. The first kappa shape index (κ1) is 19.3. The maximum absolute atomic E-state index is 12.9. The molecule has 1 heterocycles. The van der Waals surface area contributed by atoms with Gasteiger partial charge in [-0.3, -0.25) is 9.59 Å². The van der Waals surface area contributed by atoms with Crippen molar-refractivity contribution in [2.45, 2.75) is 19.4 Å². The average Bonchev–Trinajstić information content (AvgIpc) is 2.79. The molecule has 1 aliphatic rings. The van der Waals surface area contributed by atoms with Crippen LogP contribution < -0.4 is 10.2 Å². The van der Waals surface area contributed by atoms with Gasteiger partial charge in [0.15, 0.2) is 6.61 Å². The van der Waals surface area contributed by atoms with E-state index in [1.807, 2.05) is 0 Å². The summed E-state index contributed by atoms with van der Waals surface area (Å²) in [6.07, 6.45) is 2.78. The number of esters is 1. The van der Waals surface area contributed by atoms with Crippen LogP contribution >= 0.6 is 0 Å². The monoisotopic (exact) mass is 382 g/mol. The zero-order chi connectivity index (χ0) is 20.1. The van der Waals surface area contributed by atoms with Crippen molar-refractivity contribution in [3.63, 3.8) is 0 Å². The van der Waals surface area contributed by atoms with E-state index in [0.29, 0.717) is 16.9 Å². The molecular formula is C21H19FN2O4. The summed E-state index contributed by atoms with van der Waals surface area (Å²) in [4.78, 5) is 38.0. The summed E-state index contributed by atoms with van der Waals surface area (Å²) < 4.78 is 17.9. The predicted octanol–water partition coefficient (Wildman–Crippen LogP) is 3.15. The molecule has 2 aromatic rings. The van der Waals surface area contributed by atoms with Gasteiger partial charge in [0.2, 0.25) is 5.91 Å². The fourth-order valence-electron chi connectivity index (χ4n) is 2.96. The minimum absolute atomic E-state index is 0.138. The number of benzene rings is 2. The van der Waals surface area contributed by atoms with Crippen molar-refractivity contribution in [2.24, 2.45) is 0 Å². The molecule has 0 saturated heterocycles. The first-order valence-corrected chi connectivity index (χ1v) is 8.75. The molecule has 2 aromatic carbocycles. The third-order valence-corrected chi connectivity index (χ3v) is 4.25. The minimum Gasteiger partial charge on any atom is -0.452 e. The van der Waals surface area contributed by atoms with Crippen molar-refractivity contribution >= 4 is 35.2 Å². The Kier molecular flexibility index (Phi) is 5.84. The topological polar surface area (TPSA) is 75.7 Å². The lowest BCUT2D eigenvalue weighted by Gasteiger charge is -2.27. The van der Waals surface area contributed by atoms with Crippen molar-refractivity contribution < 1.29 is 23.5 Å². The van der Waals surface area contributed by atoms with E-state index in [4.69, 9.17) is 4.74 Å². The predicted molar refractivity (Wildman–Crippen MR) is 103 cm³/mol. The largest absolute Gasteiger partial charge is 0.452 e. The van der Waals surface area contributed by atoms with Gasteiger partial charge in [-0.25, -0.2) is 9.18 Å². The summed E-state index contributed by atoms with van der Waals surface area (Å²) in [6.45, 7) is 1.30. The number of para-hydroxylation sites is 2. The second-order valence-corrected chi connectivity index (χ2v) is 6.37. The van der Waals surface area contributed by atoms with Crippen molar-refractivity contribution in [1.82, 2.24) is 0 Å². The fourth-order valence-corrected chi connectivity index (χ4v) is 2.96. The summed E-state index contributed by atoms with van der Waals surface area (Å²) in [5, 5.41) is 2.77. The lowest BCUT2D eigenvalue weighted by molar-refractivity contribution is -0.143. The van der Waals surface area contributed by atoms with Crippen LogP contribution in [0.2, 0.25) is 0 Å². The van der Waals surface area contributed by atoms with Crippen LogP contribution in [0.1, 0.15) is 18.9 Å². The number of rotatable bonds is 4. The van der Waals surface area contributed by atoms with Gasteiger partial charge in [-0.1, -0.05) is 24.3 Å². The zero-order valence-electron chi connectivity index (χ0n) is 15.2. The number of ether oxygens (including phenoxy) is 1. The molecule has 0 bridgehead atoms. The minimum atomic E-state index is -0.692. The molecule has 28 heavy (non-hydrogen) atoms. The average molecular weight is 382 g/mol. The maximum atomic E-state index is 12.9. The van der Waals surface area contributed by atoms with Crippen molar-refractivity contribution in [3.05, 3.63) is 66.0 Å². The lowest BCUT2D eigenvalue weighted by Crippen LogP contribution is -2.41. The normalized spacial score (nSPS) is 16.3. The Morgan fingerprint density at radius 3 is 2.68 bits per heavy atom. The molecule has 3 rings (SSSR count). The Balaban J connectivity index is 1.66. The number of anilines is 2. The van der Waals surface area contributed by atoms with Gasteiger partial charge in [0.25, 0.3) is 5.91 Å². The summed E-state index contributed by atoms with van der Waals surface area (Å²) in [7, 11) is 0. The molecule has 7 heteroatoms. The lowest BCUT2D eigenvalue weighted by atomic mass is 10.1. The highest BCUT2D eigenvalue weighted by Crippen LogP contribution is 2.31. The quantitative estimate of drug-likeness (QED) is 0.651. The second-order valence-electron chi connectivity index (χ2n) is 6.37. The second kappa shape index (κ2) is 8.47. The van der Waals surface area contributed by atoms with E-state index >= 15 is 0 Å². The highest BCUT2D eigenvalue weighted by atomic mass is 19.1. The third-order valence-electron chi connectivity index (χ3n) is 4.25. The van der Waals surface area contributed by atoms with E-state index in [9.17, 15) is 18.8 Å². The molecule has 144 valence electrons. The highest BCUT2D eigenvalue weighted by Gasteiger charge is 2.29. The van der Waals surface area contributed by atoms with Gasteiger partial charge in [-0.05, 0) is 42.8 Å². The van der Waals surface area contributed by atoms with Gasteiger partial charge >= 0.3 is 5.97 Å². The number of carbonyl (C=O) groups excluding carboxylic acids is 3. The van der Waals surface area contributed by atoms with Crippen LogP contribution in [0.4, 0.5) is 15.8 Å². The van der Waals surface area contributed by atoms with E-state index < -0.39 is 18.5 Å². The Hall–Kier alpha value is -3.48. The van der Waals surface area contributed by atoms with Gasteiger partial charge in [0.1, 0.15) is 5.82 Å². The van der Waals surface area contributed by atoms with E-state index in [1.165, 1.54) is 41.3 Å². The Labute approximate surface area is 161 Å². The molecule has 0 aromatic heterocycles. The Bertz CT molecular complexity index is 924. The van der Waals surface area contributed by atoms with Gasteiger partial charge < -0.3 is 15.0 Å². The van der Waals surface area contributed by atoms with E-state index in [2.05, 4.69) is 5.32 Å². The number of fused-ring (bicyclic) bond motifs is 1. The zero-order valence-corrected chi connectivity index (χ0v) is 15.2. The van der Waals surface area contributed by atoms with Gasteiger partial charge in [0.05, 0.1) is 11.4 Å². The first-order valence-electron chi connectivity index (χ1n) is 8.75. The summed E-state index contributed by atoms with van der Waals surface area (Å²) >= 11 is 0. The number of amides is 2. The number of hydrogen-bond acceptors (Lipinski definition) is 4. The van der Waals surface area contributed by atoms with Crippen LogP contribution in [0.15, 0.2) is 54.6 Å². The number of halogens is 1. The van der Waals surface area contributed by atoms with E-state index in [-0.39, 0.29) is 24.2 Å². The third kappa shape index (κ3) is 4.62. The maximum Gasteiger partial charge on any atom is 0.331 e. The molecule has 2 amide bonds. The van der Waals surface area contributed by atoms with Gasteiger partial charge in [0, 0.05) is 18.5 Å². The molecule has 1 unspecified atom stereocenters. The van der Waals surface area contributed by atoms with Crippen molar-refractivity contribution in [1.29, 1.82) is 0 Å². The molecule has 6 nitrogen and oxygen atoms in total. The number of hydrogen-bond donors (Lipinski definition) is 1. The number of nitrogens with zero attached hydrogens (tertiary/aromatic N) is 1. The van der Waals surface area contributed by atoms with Crippen LogP contribution in [0.25, 0.3) is 6.08 Å². The van der Waals surface area contributed by atoms with Gasteiger partial charge in [-0.15, -0.1) is 0 Å². The van der Waals surface area contributed by atoms with E-state index in [0.717, 1.165) is 0 Å². The summed E-state index contributed by atoms with van der Waals surface area (Å²) in [5.74, 6) is -1.68. The van der Waals surface area contributed by atoms with Crippen LogP contribution in [-0.2, 0) is 19.1 Å². The Morgan fingerprint density at radius 2 is 1.93 bits per heavy atom. The SMILES string of the molecule is CC1CC(=O)Nc2ccccc2N1C(=O)COC(=O)/C=C/c1ccc(F)cc1. The molecule has 0 radical (unpaired) electrons. The standard InChI is InChI=1S/C21H19FN2O4/c1-14-12-19(25)23-17-4-2-3-5-18(17)24(14)20(26)13-28-21(27)11-8-15-6-9-16(22)10-7-15/h2-11,14H,12-13H2,1H3,(H,23,25)/b11-8+. The van der Waals surface area contributed by atoms with Crippen LogP contribution in [0.3, 0.4) is 0 Å². The van der Waals surface area contributed by atoms with Crippen molar-refractivity contribution in [3.8, 4) is 0 Å². The van der Waals surface area contributed by atoms with Crippen LogP contribution in [0.5, 0.6) is 0 Å². The number of carbonyl (C=O) groups is 3. The fraction of sp³-hybridized carbons (Fsp3) is 0.190. The van der Waals surface area contributed by atoms with Gasteiger partial charge in [-0.2, -0.15) is 0 Å². The Morgan fingerprint density at radius 1 is 1.21 bits per heavy atom. The number of nitrogens with one attached hydrogen (secondary N) is 1. The molecule has 0 spiro atoms. The van der Waals surface area contributed by atoms with Crippen molar-refractivity contribution in [2.75, 3.05) is 16.8 Å². The first-order chi connectivity index (χ1) is 13.4. The van der Waals surface area contributed by atoms with Crippen LogP contribution in [-0.4, -0.2) is 30.4 Å². The smallest absolute Gasteiger partial charge is 0.331 e. The molecule has 0 aliphatic carbocycles. The molecule has 1 atom stereocenters. The molecule has 1 N–H and O–H groups in total. The van der Waals surface area contributed by atoms with E-state index in [1.54, 1.807) is 31.2 Å². The highest BCUT2D eigenvalue weighted by molar-refractivity contribution is 6.05. The molecule has 1 aliphatic heterocycles. The summed E-state index contributed by atoms with van der Waals surface area (Å²) in [5.41, 5.74) is 1.72. The summed E-state index contributed by atoms with van der Waals surface area (Å²) in [6, 6.07) is 12.2.